The summed E-state index contributed by atoms with van der Waals surface area (Å²) in [5, 5.41) is 0. The standard InChI is InChI=1S/C6H10N2OS.2ClH/c7-1-2-10-4-6-3-9-5-8-6;;/h3,5H,1-2,4,7H2;2*1H. The molecular formula is C6H12Cl2N2OS. The van der Waals surface area contributed by atoms with Crippen LogP contribution >= 0.6 is 36.6 Å². The third kappa shape index (κ3) is 5.71. The first kappa shape index (κ1) is 14.6. The maximum Gasteiger partial charge on any atom is 0.180 e. The molecule has 0 unspecified atom stereocenters. The van der Waals surface area contributed by atoms with Crippen LogP contribution in [0.1, 0.15) is 5.69 Å². The lowest BCUT2D eigenvalue weighted by atomic mass is 10.6. The van der Waals surface area contributed by atoms with E-state index in [1.807, 2.05) is 0 Å². The van der Waals surface area contributed by atoms with Crippen molar-refractivity contribution in [2.24, 2.45) is 5.73 Å². The van der Waals surface area contributed by atoms with Crippen LogP contribution in [0.25, 0.3) is 0 Å². The molecule has 0 aliphatic carbocycles. The van der Waals surface area contributed by atoms with Gasteiger partial charge in [-0.2, -0.15) is 11.8 Å². The molecule has 1 aromatic rings. The summed E-state index contributed by atoms with van der Waals surface area (Å²) in [6.45, 7) is 0.725. The molecule has 0 amide bonds. The number of thioether (sulfide) groups is 1. The molecule has 0 bridgehead atoms. The maximum atomic E-state index is 5.30. The Kier molecular flexibility index (Phi) is 11.2. The van der Waals surface area contributed by atoms with E-state index in [4.69, 9.17) is 10.2 Å². The molecule has 0 saturated carbocycles. The van der Waals surface area contributed by atoms with E-state index in [9.17, 15) is 0 Å². The molecule has 1 rings (SSSR count). The molecule has 72 valence electrons. The quantitative estimate of drug-likeness (QED) is 0.801. The number of hydrogen-bond donors (Lipinski definition) is 1. The predicted octanol–water partition coefficient (Wildman–Crippen LogP) is 1.71. The zero-order chi connectivity index (χ0) is 7.23. The van der Waals surface area contributed by atoms with Crippen LogP contribution in [0.5, 0.6) is 0 Å². The van der Waals surface area contributed by atoms with Crippen LogP contribution in [-0.4, -0.2) is 17.3 Å². The highest BCUT2D eigenvalue weighted by atomic mass is 35.5. The molecule has 6 heteroatoms. The van der Waals surface area contributed by atoms with Gasteiger partial charge in [-0.3, -0.25) is 0 Å². The monoisotopic (exact) mass is 230 g/mol. The highest BCUT2D eigenvalue weighted by Gasteiger charge is 1.93. The van der Waals surface area contributed by atoms with Gasteiger partial charge in [-0.25, -0.2) is 4.98 Å². The maximum absolute atomic E-state index is 5.30. The second kappa shape index (κ2) is 9.19. The van der Waals surface area contributed by atoms with Gasteiger partial charge in [0.05, 0.1) is 5.69 Å². The van der Waals surface area contributed by atoms with E-state index in [1.54, 1.807) is 18.0 Å². The molecular weight excluding hydrogens is 219 g/mol. The van der Waals surface area contributed by atoms with Gasteiger partial charge in [-0.15, -0.1) is 24.8 Å². The van der Waals surface area contributed by atoms with Crippen LogP contribution in [0.15, 0.2) is 17.1 Å². The van der Waals surface area contributed by atoms with Crippen molar-refractivity contribution in [1.29, 1.82) is 0 Å². The normalized spacial score (nSPS) is 8.42. The fourth-order valence-corrected chi connectivity index (χ4v) is 1.23. The van der Waals surface area contributed by atoms with Gasteiger partial charge in [-0.05, 0) is 0 Å². The van der Waals surface area contributed by atoms with E-state index < -0.39 is 0 Å². The third-order valence-electron chi connectivity index (χ3n) is 0.996. The average Bonchev–Trinajstić information content (AvgIpc) is 2.41. The molecule has 0 saturated heterocycles. The van der Waals surface area contributed by atoms with E-state index in [0.29, 0.717) is 0 Å². The predicted molar refractivity (Wildman–Crippen MR) is 56.2 cm³/mol. The largest absolute Gasteiger partial charge is 0.451 e. The third-order valence-corrected chi connectivity index (χ3v) is 2.02. The first-order valence-electron chi connectivity index (χ1n) is 3.08. The van der Waals surface area contributed by atoms with Crippen molar-refractivity contribution < 1.29 is 4.42 Å². The summed E-state index contributed by atoms with van der Waals surface area (Å²) in [5.74, 6) is 1.88. The highest BCUT2D eigenvalue weighted by molar-refractivity contribution is 7.98. The molecule has 2 N–H and O–H groups in total. The lowest BCUT2D eigenvalue weighted by molar-refractivity contribution is 0.557. The summed E-state index contributed by atoms with van der Waals surface area (Å²) >= 11 is 1.76. The molecule has 0 fully saturated rings. The summed E-state index contributed by atoms with van der Waals surface area (Å²) < 4.78 is 4.79. The Morgan fingerprint density at radius 1 is 1.50 bits per heavy atom. The fourth-order valence-electron chi connectivity index (χ4n) is 0.569. The molecule has 0 aliphatic rings. The molecule has 1 aromatic heterocycles. The number of nitrogens with zero attached hydrogens (tertiary/aromatic N) is 1. The molecule has 0 spiro atoms. The Labute approximate surface area is 88.3 Å². The van der Waals surface area contributed by atoms with Gasteiger partial charge < -0.3 is 10.2 Å². The van der Waals surface area contributed by atoms with Crippen molar-refractivity contribution in [3.63, 3.8) is 0 Å². The summed E-state index contributed by atoms with van der Waals surface area (Å²) in [6, 6.07) is 0. The Balaban J connectivity index is 0. The van der Waals surface area contributed by atoms with E-state index in [1.165, 1.54) is 6.39 Å². The number of nitrogens with two attached hydrogens (primary N) is 1. The highest BCUT2D eigenvalue weighted by Crippen LogP contribution is 2.07. The molecule has 1 heterocycles. The topological polar surface area (TPSA) is 52.0 Å². The lowest BCUT2D eigenvalue weighted by Gasteiger charge is -1.92. The van der Waals surface area contributed by atoms with Crippen molar-refractivity contribution in [3.05, 3.63) is 18.4 Å². The van der Waals surface area contributed by atoms with Crippen molar-refractivity contribution in [2.45, 2.75) is 5.75 Å². The molecule has 12 heavy (non-hydrogen) atoms. The number of aromatic nitrogens is 1. The van der Waals surface area contributed by atoms with Crippen LogP contribution in [0.3, 0.4) is 0 Å². The minimum atomic E-state index is 0. The van der Waals surface area contributed by atoms with Gasteiger partial charge in [-0.1, -0.05) is 0 Å². The van der Waals surface area contributed by atoms with Crippen molar-refractivity contribution in [2.75, 3.05) is 12.3 Å². The zero-order valence-corrected chi connectivity index (χ0v) is 8.88. The minimum Gasteiger partial charge on any atom is -0.451 e. The Bertz CT molecular complexity index is 172. The molecule has 0 radical (unpaired) electrons. The smallest absolute Gasteiger partial charge is 0.180 e. The second-order valence-corrected chi connectivity index (χ2v) is 2.93. The van der Waals surface area contributed by atoms with Crippen molar-refractivity contribution in [1.82, 2.24) is 4.98 Å². The van der Waals surface area contributed by atoms with Crippen LogP contribution in [0.4, 0.5) is 0 Å². The van der Waals surface area contributed by atoms with Gasteiger partial charge in [0.2, 0.25) is 0 Å². The summed E-state index contributed by atoms with van der Waals surface area (Å²) in [4.78, 5) is 3.96. The molecule has 3 nitrogen and oxygen atoms in total. The number of halogens is 2. The fraction of sp³-hybridized carbons (Fsp3) is 0.500. The van der Waals surface area contributed by atoms with Crippen LogP contribution in [0.2, 0.25) is 0 Å². The van der Waals surface area contributed by atoms with Crippen molar-refractivity contribution in [3.8, 4) is 0 Å². The van der Waals surface area contributed by atoms with E-state index >= 15 is 0 Å². The number of hydrogen-bond acceptors (Lipinski definition) is 4. The molecule has 0 atom stereocenters. The summed E-state index contributed by atoms with van der Waals surface area (Å²) in [6.07, 6.45) is 3.10. The Hall–Kier alpha value is 0.1000. The van der Waals surface area contributed by atoms with Crippen LogP contribution in [0, 0.1) is 0 Å². The number of rotatable bonds is 4. The van der Waals surface area contributed by atoms with Crippen molar-refractivity contribution >= 4 is 36.6 Å². The first-order chi connectivity index (χ1) is 4.93. The van der Waals surface area contributed by atoms with Gasteiger partial charge in [0.1, 0.15) is 6.26 Å². The summed E-state index contributed by atoms with van der Waals surface area (Å²) in [5.41, 5.74) is 6.29. The SMILES string of the molecule is Cl.Cl.NCCSCc1cocn1. The lowest BCUT2D eigenvalue weighted by Crippen LogP contribution is -2.01. The van der Waals surface area contributed by atoms with Gasteiger partial charge in [0.25, 0.3) is 0 Å². The van der Waals surface area contributed by atoms with E-state index in [-0.39, 0.29) is 24.8 Å². The minimum absolute atomic E-state index is 0. The van der Waals surface area contributed by atoms with Gasteiger partial charge in [0.15, 0.2) is 6.39 Å². The number of oxazole rings is 1. The average molecular weight is 231 g/mol. The van der Waals surface area contributed by atoms with Gasteiger partial charge >= 0.3 is 0 Å². The van der Waals surface area contributed by atoms with E-state index in [0.717, 1.165) is 23.7 Å². The zero-order valence-electron chi connectivity index (χ0n) is 6.43. The Morgan fingerprint density at radius 2 is 2.25 bits per heavy atom. The van der Waals surface area contributed by atoms with Crippen LogP contribution in [-0.2, 0) is 5.75 Å². The molecule has 0 aromatic carbocycles. The first-order valence-corrected chi connectivity index (χ1v) is 4.24. The van der Waals surface area contributed by atoms with Crippen LogP contribution < -0.4 is 5.73 Å². The second-order valence-electron chi connectivity index (χ2n) is 1.82. The summed E-state index contributed by atoms with van der Waals surface area (Å²) in [7, 11) is 0. The van der Waals surface area contributed by atoms with Gasteiger partial charge in [0, 0.05) is 18.1 Å². The Morgan fingerprint density at radius 3 is 2.75 bits per heavy atom. The molecule has 0 aliphatic heterocycles. The van der Waals surface area contributed by atoms with E-state index in [2.05, 4.69) is 4.98 Å².